The van der Waals surface area contributed by atoms with Crippen molar-refractivity contribution in [3.05, 3.63) is 53.6 Å². The van der Waals surface area contributed by atoms with Crippen molar-refractivity contribution in [2.75, 3.05) is 36.4 Å². The van der Waals surface area contributed by atoms with Crippen LogP contribution in [0.25, 0.3) is 0 Å². The van der Waals surface area contributed by atoms with Crippen LogP contribution in [0.3, 0.4) is 0 Å². The molecule has 0 atom stereocenters. The van der Waals surface area contributed by atoms with E-state index < -0.39 is 10.0 Å². The molecule has 29 heavy (non-hydrogen) atoms. The van der Waals surface area contributed by atoms with E-state index in [2.05, 4.69) is 10.2 Å². The minimum absolute atomic E-state index is 0.151. The van der Waals surface area contributed by atoms with Gasteiger partial charge in [0.15, 0.2) is 0 Å². The molecule has 0 saturated carbocycles. The molecule has 2 aromatic rings. The summed E-state index contributed by atoms with van der Waals surface area (Å²) in [5.74, 6) is -0.297. The number of nitrogens with one attached hydrogen (secondary N) is 1. The largest absolute Gasteiger partial charge is 0.371 e. The zero-order valence-corrected chi connectivity index (χ0v) is 18.1. The molecule has 6 nitrogen and oxygen atoms in total. The lowest BCUT2D eigenvalue weighted by atomic mass is 10.1. The Balaban J connectivity index is 2.02. The molecule has 1 fully saturated rings. The predicted octanol–water partition coefficient (Wildman–Crippen LogP) is 3.88. The van der Waals surface area contributed by atoms with Gasteiger partial charge in [0.25, 0.3) is 5.91 Å². The number of aryl methyl sites for hydroxylation is 1. The lowest BCUT2D eigenvalue weighted by molar-refractivity contribution is 0.102. The summed E-state index contributed by atoms with van der Waals surface area (Å²) in [6.45, 7) is 8.09. The summed E-state index contributed by atoms with van der Waals surface area (Å²) in [5, 5.41) is 2.92. The Labute approximate surface area is 173 Å². The van der Waals surface area contributed by atoms with Crippen LogP contribution in [0.4, 0.5) is 11.4 Å². The third-order valence-corrected chi connectivity index (χ3v) is 7.32. The van der Waals surface area contributed by atoms with Gasteiger partial charge in [0.05, 0.1) is 10.5 Å². The number of sulfonamides is 1. The second kappa shape index (κ2) is 8.97. The van der Waals surface area contributed by atoms with Crippen LogP contribution in [0, 0.1) is 6.92 Å². The van der Waals surface area contributed by atoms with Crippen LogP contribution in [-0.4, -0.2) is 44.8 Å². The van der Waals surface area contributed by atoms with Crippen molar-refractivity contribution in [1.29, 1.82) is 0 Å². The number of anilines is 2. The van der Waals surface area contributed by atoms with Crippen molar-refractivity contribution in [2.45, 2.75) is 38.5 Å². The SMILES string of the molecule is CCN(CC)S(=O)(=O)c1ccc(N2CCCC2)c(C(=O)Nc2cccc(C)c2)c1. The molecule has 156 valence electrons. The normalized spacial score (nSPS) is 14.4. The van der Waals surface area contributed by atoms with E-state index in [0.717, 1.165) is 37.2 Å². The third-order valence-electron chi connectivity index (χ3n) is 5.28. The summed E-state index contributed by atoms with van der Waals surface area (Å²) in [5.41, 5.74) is 2.91. The molecule has 0 aromatic heterocycles. The minimum atomic E-state index is -3.64. The van der Waals surface area contributed by atoms with Crippen molar-refractivity contribution >= 4 is 27.3 Å². The van der Waals surface area contributed by atoms with Crippen molar-refractivity contribution < 1.29 is 13.2 Å². The maximum Gasteiger partial charge on any atom is 0.257 e. The maximum absolute atomic E-state index is 13.1. The third kappa shape index (κ3) is 4.62. The van der Waals surface area contributed by atoms with Crippen LogP contribution in [0.5, 0.6) is 0 Å². The molecule has 1 aliphatic heterocycles. The van der Waals surface area contributed by atoms with Gasteiger partial charge in [0.2, 0.25) is 10.0 Å². The monoisotopic (exact) mass is 415 g/mol. The fourth-order valence-corrected chi connectivity index (χ4v) is 5.21. The van der Waals surface area contributed by atoms with E-state index in [1.807, 2.05) is 45.0 Å². The Hall–Kier alpha value is -2.38. The molecule has 0 aliphatic carbocycles. The molecule has 1 heterocycles. The van der Waals surface area contributed by atoms with Gasteiger partial charge in [-0.1, -0.05) is 26.0 Å². The molecule has 0 bridgehead atoms. The summed E-state index contributed by atoms with van der Waals surface area (Å²) >= 11 is 0. The molecule has 3 rings (SSSR count). The quantitative estimate of drug-likeness (QED) is 0.745. The van der Waals surface area contributed by atoms with Gasteiger partial charge in [0, 0.05) is 37.6 Å². The highest BCUT2D eigenvalue weighted by Gasteiger charge is 2.26. The number of nitrogens with zero attached hydrogens (tertiary/aromatic N) is 2. The maximum atomic E-state index is 13.1. The molecular weight excluding hydrogens is 386 g/mol. The molecule has 1 N–H and O–H groups in total. The number of carbonyl (C=O) groups is 1. The van der Waals surface area contributed by atoms with Crippen molar-refractivity contribution in [2.24, 2.45) is 0 Å². The fourth-order valence-electron chi connectivity index (χ4n) is 3.73. The van der Waals surface area contributed by atoms with E-state index in [1.54, 1.807) is 12.1 Å². The van der Waals surface area contributed by atoms with E-state index in [0.29, 0.717) is 24.3 Å². The van der Waals surface area contributed by atoms with E-state index in [1.165, 1.54) is 10.4 Å². The van der Waals surface area contributed by atoms with Crippen LogP contribution in [0.2, 0.25) is 0 Å². The van der Waals surface area contributed by atoms with E-state index in [-0.39, 0.29) is 10.8 Å². The molecule has 7 heteroatoms. The molecule has 0 radical (unpaired) electrons. The van der Waals surface area contributed by atoms with Gasteiger partial charge in [-0.3, -0.25) is 4.79 Å². The van der Waals surface area contributed by atoms with Gasteiger partial charge < -0.3 is 10.2 Å². The van der Waals surface area contributed by atoms with Gasteiger partial charge in [-0.05, 0) is 55.7 Å². The Morgan fingerprint density at radius 2 is 1.76 bits per heavy atom. The summed E-state index contributed by atoms with van der Waals surface area (Å²) in [4.78, 5) is 15.4. The first-order valence-corrected chi connectivity index (χ1v) is 11.6. The van der Waals surface area contributed by atoms with Crippen LogP contribution in [-0.2, 0) is 10.0 Å². The summed E-state index contributed by atoms with van der Waals surface area (Å²) in [6.07, 6.45) is 2.14. The Kier molecular flexibility index (Phi) is 6.59. The van der Waals surface area contributed by atoms with Gasteiger partial charge in [0.1, 0.15) is 0 Å². The molecule has 1 saturated heterocycles. The fraction of sp³-hybridized carbons (Fsp3) is 0.409. The average Bonchev–Trinajstić information content (AvgIpc) is 3.23. The second-order valence-corrected chi connectivity index (χ2v) is 9.22. The van der Waals surface area contributed by atoms with Gasteiger partial charge in [-0.25, -0.2) is 8.42 Å². The van der Waals surface area contributed by atoms with Crippen molar-refractivity contribution in [3.8, 4) is 0 Å². The summed E-state index contributed by atoms with van der Waals surface area (Å²) < 4.78 is 27.4. The molecule has 2 aromatic carbocycles. The average molecular weight is 416 g/mol. The highest BCUT2D eigenvalue weighted by Crippen LogP contribution is 2.29. The topological polar surface area (TPSA) is 69.7 Å². The Bertz CT molecular complexity index is 979. The molecular formula is C22H29N3O3S. The molecule has 0 spiro atoms. The zero-order valence-electron chi connectivity index (χ0n) is 17.3. The van der Waals surface area contributed by atoms with E-state index in [4.69, 9.17) is 0 Å². The van der Waals surface area contributed by atoms with Crippen LogP contribution >= 0.6 is 0 Å². The van der Waals surface area contributed by atoms with E-state index >= 15 is 0 Å². The number of benzene rings is 2. The molecule has 1 aliphatic rings. The molecule has 1 amide bonds. The number of hydrogen-bond acceptors (Lipinski definition) is 4. The van der Waals surface area contributed by atoms with Crippen molar-refractivity contribution in [1.82, 2.24) is 4.31 Å². The minimum Gasteiger partial charge on any atom is -0.371 e. The van der Waals surface area contributed by atoms with E-state index in [9.17, 15) is 13.2 Å². The van der Waals surface area contributed by atoms with Gasteiger partial charge in [-0.15, -0.1) is 0 Å². The smallest absolute Gasteiger partial charge is 0.257 e. The standard InChI is InChI=1S/C22H29N3O3S/c1-4-25(5-2)29(27,28)19-11-12-21(24-13-6-7-14-24)20(16-19)22(26)23-18-10-8-9-17(3)15-18/h8-12,15-16H,4-7,13-14H2,1-3H3,(H,23,26). The number of hydrogen-bond donors (Lipinski definition) is 1. The second-order valence-electron chi connectivity index (χ2n) is 7.29. The van der Waals surface area contributed by atoms with Gasteiger partial charge in [-0.2, -0.15) is 4.31 Å². The first-order valence-electron chi connectivity index (χ1n) is 10.1. The summed E-state index contributed by atoms with van der Waals surface area (Å²) in [6, 6.07) is 12.5. The van der Waals surface area contributed by atoms with Gasteiger partial charge >= 0.3 is 0 Å². The molecule has 0 unspecified atom stereocenters. The lowest BCUT2D eigenvalue weighted by Crippen LogP contribution is -2.31. The number of amides is 1. The van der Waals surface area contributed by atoms with Crippen LogP contribution < -0.4 is 10.2 Å². The van der Waals surface area contributed by atoms with Crippen LogP contribution in [0.15, 0.2) is 47.4 Å². The van der Waals surface area contributed by atoms with Crippen LogP contribution in [0.1, 0.15) is 42.6 Å². The first-order chi connectivity index (χ1) is 13.9. The lowest BCUT2D eigenvalue weighted by Gasteiger charge is -2.23. The number of rotatable bonds is 7. The Morgan fingerprint density at radius 1 is 1.07 bits per heavy atom. The number of carbonyl (C=O) groups excluding carboxylic acids is 1. The van der Waals surface area contributed by atoms with Crippen molar-refractivity contribution in [3.63, 3.8) is 0 Å². The first kappa shape index (κ1) is 21.3. The predicted molar refractivity (Wildman–Crippen MR) is 117 cm³/mol. The zero-order chi connectivity index (χ0) is 21.0. The summed E-state index contributed by atoms with van der Waals surface area (Å²) in [7, 11) is -3.64. The Morgan fingerprint density at radius 3 is 2.38 bits per heavy atom. The highest BCUT2D eigenvalue weighted by molar-refractivity contribution is 7.89. The highest BCUT2D eigenvalue weighted by atomic mass is 32.2.